The molecule has 9 nitrogen and oxygen atoms in total. The Morgan fingerprint density at radius 1 is 1.14 bits per heavy atom. The van der Waals surface area contributed by atoms with Gasteiger partial charge in [-0.3, -0.25) is 14.7 Å². The van der Waals surface area contributed by atoms with Crippen molar-refractivity contribution >= 4 is 23.5 Å². The molecular weight excluding hydrogens is 477 g/mol. The van der Waals surface area contributed by atoms with E-state index in [1.165, 1.54) is 18.3 Å². The van der Waals surface area contributed by atoms with Crippen LogP contribution in [0.2, 0.25) is 5.02 Å². The number of aliphatic hydroxyl groups excluding tert-OH is 1. The lowest BCUT2D eigenvalue weighted by atomic mass is 9.92. The first kappa shape index (κ1) is 26.3. The summed E-state index contributed by atoms with van der Waals surface area (Å²) in [6.45, 7) is 0.755. The Hall–Kier alpha value is -3.34. The lowest BCUT2D eigenvalue weighted by molar-refractivity contribution is -0.142. The van der Waals surface area contributed by atoms with Crippen LogP contribution in [0.25, 0.3) is 11.1 Å². The fourth-order valence-electron chi connectivity index (χ4n) is 3.75. The summed E-state index contributed by atoms with van der Waals surface area (Å²) in [5.74, 6) is -2.52. The molecule has 0 saturated carbocycles. The van der Waals surface area contributed by atoms with E-state index in [9.17, 15) is 19.1 Å². The molecule has 3 rings (SSSR count). The number of aliphatic carboxylic acids is 1. The number of nitrogens with one attached hydrogen (secondary N) is 3. The third-order valence-electron chi connectivity index (χ3n) is 5.55. The average molecular weight is 504 g/mol. The van der Waals surface area contributed by atoms with E-state index < -0.39 is 23.8 Å². The molecule has 1 heterocycles. The molecule has 1 amide bonds. The fraction of sp³-hybridized carbons (Fsp3) is 0.333. The molecule has 5 N–H and O–H groups in total. The molecule has 35 heavy (non-hydrogen) atoms. The van der Waals surface area contributed by atoms with Crippen LogP contribution in [0.5, 0.6) is 0 Å². The monoisotopic (exact) mass is 503 g/mol. The number of aromatic nitrogens is 3. The van der Waals surface area contributed by atoms with Gasteiger partial charge in [0.15, 0.2) is 0 Å². The van der Waals surface area contributed by atoms with Crippen molar-refractivity contribution < 1.29 is 24.2 Å². The maximum atomic E-state index is 14.2. The van der Waals surface area contributed by atoms with Gasteiger partial charge < -0.3 is 20.8 Å². The Morgan fingerprint density at radius 2 is 1.91 bits per heavy atom. The van der Waals surface area contributed by atoms with E-state index in [0.29, 0.717) is 42.1 Å². The second-order valence-corrected chi connectivity index (χ2v) is 8.54. The number of aromatic amines is 1. The highest BCUT2D eigenvalue weighted by atomic mass is 35.5. The van der Waals surface area contributed by atoms with Crippen molar-refractivity contribution in [3.05, 3.63) is 70.8 Å². The number of carboxylic acids is 1. The van der Waals surface area contributed by atoms with Crippen molar-refractivity contribution in [1.82, 2.24) is 26.0 Å². The molecule has 0 saturated heterocycles. The molecule has 0 radical (unpaired) electrons. The van der Waals surface area contributed by atoms with Crippen molar-refractivity contribution in [3.8, 4) is 11.1 Å². The number of amides is 1. The van der Waals surface area contributed by atoms with Crippen LogP contribution in [-0.4, -0.2) is 63.2 Å². The zero-order valence-corrected chi connectivity index (χ0v) is 19.6. The van der Waals surface area contributed by atoms with Crippen LogP contribution in [0.4, 0.5) is 4.39 Å². The Bertz CT molecular complexity index is 1110. The van der Waals surface area contributed by atoms with E-state index in [4.69, 9.17) is 16.7 Å². The summed E-state index contributed by atoms with van der Waals surface area (Å²) in [4.78, 5) is 24.5. The van der Waals surface area contributed by atoms with E-state index in [-0.39, 0.29) is 24.5 Å². The van der Waals surface area contributed by atoms with Gasteiger partial charge in [0.25, 0.3) is 5.91 Å². The SMILES string of the molecule is O=C(N[C@H](Cc1ccc(-c2cc(Cl)ccc2F)cc1)C[C@@H](CCNCCO)C(=O)O)c1cnn[nH]1. The largest absolute Gasteiger partial charge is 0.481 e. The minimum atomic E-state index is -0.968. The predicted molar refractivity (Wildman–Crippen MR) is 129 cm³/mol. The third kappa shape index (κ3) is 7.84. The van der Waals surface area contributed by atoms with Crippen LogP contribution in [0, 0.1) is 11.7 Å². The number of rotatable bonds is 13. The average Bonchev–Trinajstić information content (AvgIpc) is 3.38. The molecule has 0 aliphatic rings. The molecule has 0 unspecified atom stereocenters. The minimum Gasteiger partial charge on any atom is -0.481 e. The highest BCUT2D eigenvalue weighted by molar-refractivity contribution is 6.30. The molecular formula is C24H27ClFN5O4. The smallest absolute Gasteiger partial charge is 0.306 e. The number of carboxylic acid groups (broad SMARTS) is 1. The van der Waals surface area contributed by atoms with E-state index in [2.05, 4.69) is 26.0 Å². The zero-order chi connectivity index (χ0) is 25.2. The molecule has 11 heteroatoms. The number of hydrogen-bond donors (Lipinski definition) is 5. The van der Waals surface area contributed by atoms with E-state index >= 15 is 0 Å². The van der Waals surface area contributed by atoms with Gasteiger partial charge in [0, 0.05) is 23.2 Å². The molecule has 0 aliphatic heterocycles. The predicted octanol–water partition coefficient (Wildman–Crippen LogP) is 2.67. The van der Waals surface area contributed by atoms with Gasteiger partial charge in [0.05, 0.1) is 18.7 Å². The Kier molecular flexibility index (Phi) is 9.71. The van der Waals surface area contributed by atoms with Crippen molar-refractivity contribution in [2.45, 2.75) is 25.3 Å². The summed E-state index contributed by atoms with van der Waals surface area (Å²) < 4.78 is 14.2. The number of benzene rings is 2. The van der Waals surface area contributed by atoms with Crippen LogP contribution in [-0.2, 0) is 11.2 Å². The van der Waals surface area contributed by atoms with Gasteiger partial charge in [0.1, 0.15) is 11.5 Å². The summed E-state index contributed by atoms with van der Waals surface area (Å²) in [5, 5.41) is 34.5. The van der Waals surface area contributed by atoms with Crippen molar-refractivity contribution in [1.29, 1.82) is 0 Å². The lowest BCUT2D eigenvalue weighted by Crippen LogP contribution is -2.39. The maximum Gasteiger partial charge on any atom is 0.306 e. The van der Waals surface area contributed by atoms with Crippen molar-refractivity contribution in [2.24, 2.45) is 5.92 Å². The van der Waals surface area contributed by atoms with Crippen LogP contribution < -0.4 is 10.6 Å². The summed E-state index contributed by atoms with van der Waals surface area (Å²) in [6.07, 6.45) is 2.17. The maximum absolute atomic E-state index is 14.2. The summed E-state index contributed by atoms with van der Waals surface area (Å²) >= 11 is 6.00. The number of aliphatic hydroxyl groups is 1. The van der Waals surface area contributed by atoms with Gasteiger partial charge >= 0.3 is 5.97 Å². The standard InChI is InChI=1S/C24H27ClFN5O4/c25-18-5-6-21(26)20(13-18)16-3-1-15(2-4-16)11-19(29-23(33)22-14-28-31-30-22)12-17(24(34)35)7-8-27-9-10-32/h1-6,13-14,17,19,27,32H,7-12H2,(H,29,33)(H,34,35)(H,28,30,31)/t17-,19-/m1/s1. The van der Waals surface area contributed by atoms with Gasteiger partial charge in [-0.1, -0.05) is 41.1 Å². The Morgan fingerprint density at radius 3 is 2.57 bits per heavy atom. The zero-order valence-electron chi connectivity index (χ0n) is 18.9. The van der Waals surface area contributed by atoms with Crippen LogP contribution in [0.1, 0.15) is 28.9 Å². The summed E-state index contributed by atoms with van der Waals surface area (Å²) in [6, 6.07) is 11.0. The first-order chi connectivity index (χ1) is 16.9. The molecule has 186 valence electrons. The van der Waals surface area contributed by atoms with Gasteiger partial charge in [-0.2, -0.15) is 0 Å². The van der Waals surface area contributed by atoms with E-state index in [1.807, 2.05) is 12.1 Å². The molecule has 0 aliphatic carbocycles. The van der Waals surface area contributed by atoms with Crippen LogP contribution in [0.15, 0.2) is 48.7 Å². The molecule has 2 aromatic carbocycles. The Balaban J connectivity index is 1.75. The first-order valence-electron chi connectivity index (χ1n) is 11.1. The van der Waals surface area contributed by atoms with Gasteiger partial charge in [-0.25, -0.2) is 4.39 Å². The highest BCUT2D eigenvalue weighted by Gasteiger charge is 2.25. The van der Waals surface area contributed by atoms with Crippen LogP contribution in [0.3, 0.4) is 0 Å². The second kappa shape index (κ2) is 12.9. The first-order valence-corrected chi connectivity index (χ1v) is 11.5. The number of carbonyl (C=O) groups is 2. The second-order valence-electron chi connectivity index (χ2n) is 8.10. The summed E-state index contributed by atoms with van der Waals surface area (Å²) in [7, 11) is 0. The molecule has 1 aromatic heterocycles. The number of nitrogens with zero attached hydrogens (tertiary/aromatic N) is 2. The topological polar surface area (TPSA) is 140 Å². The highest BCUT2D eigenvalue weighted by Crippen LogP contribution is 2.27. The molecule has 0 bridgehead atoms. The van der Waals surface area contributed by atoms with Gasteiger partial charge in [-0.15, -0.1) is 5.10 Å². The van der Waals surface area contributed by atoms with E-state index in [0.717, 1.165) is 5.56 Å². The van der Waals surface area contributed by atoms with E-state index in [1.54, 1.807) is 18.2 Å². The normalized spacial score (nSPS) is 12.8. The third-order valence-corrected chi connectivity index (χ3v) is 5.78. The van der Waals surface area contributed by atoms with Crippen molar-refractivity contribution in [3.63, 3.8) is 0 Å². The molecule has 2 atom stereocenters. The fourth-order valence-corrected chi connectivity index (χ4v) is 3.93. The molecule has 3 aromatic rings. The quantitative estimate of drug-likeness (QED) is 0.226. The van der Waals surface area contributed by atoms with Crippen LogP contribution >= 0.6 is 11.6 Å². The molecule has 0 fully saturated rings. The molecule has 0 spiro atoms. The number of hydrogen-bond acceptors (Lipinski definition) is 6. The van der Waals surface area contributed by atoms with Gasteiger partial charge in [-0.05, 0) is 55.1 Å². The van der Waals surface area contributed by atoms with Crippen molar-refractivity contribution in [2.75, 3.05) is 19.7 Å². The van der Waals surface area contributed by atoms with Gasteiger partial charge in [0.2, 0.25) is 0 Å². The number of carbonyl (C=O) groups excluding carboxylic acids is 1. The lowest BCUT2D eigenvalue weighted by Gasteiger charge is -2.23. The number of halogens is 2. The Labute approximate surface area is 206 Å². The number of H-pyrrole nitrogens is 1. The minimum absolute atomic E-state index is 0.0380. The summed E-state index contributed by atoms with van der Waals surface area (Å²) in [5.41, 5.74) is 2.03.